The van der Waals surface area contributed by atoms with Gasteiger partial charge in [0.15, 0.2) is 11.6 Å². The SMILES string of the molecule is Nc1ncc(-c2nc(N3CCOCC3)c3sc(-c4c[c]ccc4)cc3n2)cn1. The van der Waals surface area contributed by atoms with E-state index in [1.165, 1.54) is 0 Å². The number of nitrogens with two attached hydrogens (primary N) is 1. The summed E-state index contributed by atoms with van der Waals surface area (Å²) in [7, 11) is 0. The first kappa shape index (κ1) is 17.0. The van der Waals surface area contributed by atoms with Crippen LogP contribution in [-0.4, -0.2) is 46.2 Å². The molecule has 0 spiro atoms. The van der Waals surface area contributed by atoms with Crippen LogP contribution in [0.15, 0.2) is 42.7 Å². The Hall–Kier alpha value is -3.10. The number of hydrogen-bond donors (Lipinski definition) is 1. The molecular weight excluding hydrogens is 372 g/mol. The number of benzene rings is 1. The molecule has 1 aromatic carbocycles. The molecule has 7 nitrogen and oxygen atoms in total. The lowest BCUT2D eigenvalue weighted by Crippen LogP contribution is -2.36. The van der Waals surface area contributed by atoms with E-state index in [1.807, 2.05) is 18.2 Å². The maximum absolute atomic E-state index is 5.62. The molecule has 1 radical (unpaired) electrons. The molecule has 0 amide bonds. The summed E-state index contributed by atoms with van der Waals surface area (Å²) in [6.07, 6.45) is 3.32. The van der Waals surface area contributed by atoms with Crippen molar-refractivity contribution in [2.75, 3.05) is 36.9 Å². The highest BCUT2D eigenvalue weighted by molar-refractivity contribution is 7.22. The molecule has 139 valence electrons. The summed E-state index contributed by atoms with van der Waals surface area (Å²) >= 11 is 1.70. The van der Waals surface area contributed by atoms with Gasteiger partial charge >= 0.3 is 0 Å². The van der Waals surface area contributed by atoms with Gasteiger partial charge < -0.3 is 15.4 Å². The van der Waals surface area contributed by atoms with Gasteiger partial charge in [0.25, 0.3) is 0 Å². The minimum absolute atomic E-state index is 0.233. The zero-order valence-electron chi connectivity index (χ0n) is 15.0. The number of hydrogen-bond acceptors (Lipinski definition) is 8. The number of aromatic nitrogens is 4. The molecule has 5 rings (SSSR count). The van der Waals surface area contributed by atoms with Gasteiger partial charge in [0, 0.05) is 30.4 Å². The largest absolute Gasteiger partial charge is 0.378 e. The zero-order valence-corrected chi connectivity index (χ0v) is 15.8. The van der Waals surface area contributed by atoms with Gasteiger partial charge in [-0.3, -0.25) is 0 Å². The van der Waals surface area contributed by atoms with Crippen molar-refractivity contribution in [2.24, 2.45) is 0 Å². The van der Waals surface area contributed by atoms with Crippen LogP contribution in [-0.2, 0) is 4.74 Å². The monoisotopic (exact) mass is 389 g/mol. The lowest BCUT2D eigenvalue weighted by atomic mass is 10.2. The topological polar surface area (TPSA) is 90.0 Å². The smallest absolute Gasteiger partial charge is 0.219 e. The summed E-state index contributed by atoms with van der Waals surface area (Å²) in [6, 6.07) is 13.2. The molecule has 0 unspecified atom stereocenters. The van der Waals surface area contributed by atoms with E-state index in [9.17, 15) is 0 Å². The fraction of sp³-hybridized carbons (Fsp3) is 0.200. The summed E-state index contributed by atoms with van der Waals surface area (Å²) in [6.45, 7) is 2.99. The normalized spacial score (nSPS) is 14.5. The van der Waals surface area contributed by atoms with Crippen LogP contribution in [0.5, 0.6) is 0 Å². The predicted molar refractivity (Wildman–Crippen MR) is 110 cm³/mol. The van der Waals surface area contributed by atoms with Crippen LogP contribution < -0.4 is 10.6 Å². The standard InChI is InChI=1S/C20H17N6OS/c21-20-22-11-14(12-23-20)18-24-15-10-16(13-4-2-1-3-5-13)28-17(15)19(25-18)26-6-8-27-9-7-26/h1-2,4-5,10-12H,6-9H2,(H2,21,22,23). The lowest BCUT2D eigenvalue weighted by molar-refractivity contribution is 0.122. The van der Waals surface area contributed by atoms with Crippen molar-refractivity contribution in [1.82, 2.24) is 19.9 Å². The quantitative estimate of drug-likeness (QED) is 0.576. The van der Waals surface area contributed by atoms with E-state index in [4.69, 9.17) is 20.4 Å². The zero-order chi connectivity index (χ0) is 18.9. The Bertz CT molecular complexity index is 1110. The third kappa shape index (κ3) is 3.17. The molecule has 0 saturated carbocycles. The van der Waals surface area contributed by atoms with Gasteiger partial charge in [-0.15, -0.1) is 11.3 Å². The van der Waals surface area contributed by atoms with Crippen LogP contribution in [0.25, 0.3) is 32.0 Å². The van der Waals surface area contributed by atoms with Gasteiger partial charge in [-0.1, -0.05) is 18.2 Å². The Kier molecular flexibility index (Phi) is 4.34. The molecule has 1 aliphatic heterocycles. The predicted octanol–water partition coefficient (Wildman–Crippen LogP) is 3.03. The van der Waals surface area contributed by atoms with Gasteiger partial charge in [0.05, 0.1) is 29.0 Å². The summed E-state index contributed by atoms with van der Waals surface area (Å²) < 4.78 is 6.59. The van der Waals surface area contributed by atoms with Crippen molar-refractivity contribution in [3.63, 3.8) is 0 Å². The van der Waals surface area contributed by atoms with Crippen LogP contribution in [0, 0.1) is 6.07 Å². The fourth-order valence-electron chi connectivity index (χ4n) is 3.18. The molecule has 0 atom stereocenters. The fourth-order valence-corrected chi connectivity index (χ4v) is 4.29. The van der Waals surface area contributed by atoms with Crippen LogP contribution in [0.1, 0.15) is 0 Å². The average molecular weight is 389 g/mol. The van der Waals surface area contributed by atoms with Gasteiger partial charge in [0.1, 0.15) is 0 Å². The first-order valence-electron chi connectivity index (χ1n) is 8.96. The van der Waals surface area contributed by atoms with E-state index in [0.29, 0.717) is 19.0 Å². The molecule has 2 N–H and O–H groups in total. The summed E-state index contributed by atoms with van der Waals surface area (Å²) in [5, 5.41) is 0. The second-order valence-corrected chi connectivity index (χ2v) is 7.47. The summed E-state index contributed by atoms with van der Waals surface area (Å²) in [5.41, 5.74) is 8.40. The molecule has 8 heteroatoms. The Morgan fingerprint density at radius 2 is 1.93 bits per heavy atom. The number of nitrogen functional groups attached to an aromatic ring is 1. The van der Waals surface area contributed by atoms with Crippen LogP contribution >= 0.6 is 11.3 Å². The van der Waals surface area contributed by atoms with E-state index in [-0.39, 0.29) is 5.95 Å². The van der Waals surface area contributed by atoms with Crippen molar-refractivity contribution in [3.05, 3.63) is 48.8 Å². The van der Waals surface area contributed by atoms with Crippen molar-refractivity contribution < 1.29 is 4.74 Å². The third-order valence-electron chi connectivity index (χ3n) is 4.59. The lowest BCUT2D eigenvalue weighted by Gasteiger charge is -2.28. The number of anilines is 2. The number of fused-ring (bicyclic) bond motifs is 1. The number of ether oxygens (including phenoxy) is 1. The van der Waals surface area contributed by atoms with Crippen molar-refractivity contribution in [3.8, 4) is 21.8 Å². The molecular formula is C20H17N6OS. The van der Waals surface area contributed by atoms with E-state index in [1.54, 1.807) is 23.7 Å². The number of rotatable bonds is 3. The first-order chi connectivity index (χ1) is 13.8. The minimum Gasteiger partial charge on any atom is -0.378 e. The van der Waals surface area contributed by atoms with E-state index in [2.05, 4.69) is 33.1 Å². The van der Waals surface area contributed by atoms with Crippen molar-refractivity contribution in [2.45, 2.75) is 0 Å². The Labute approximate surface area is 165 Å². The molecule has 1 fully saturated rings. The molecule has 0 bridgehead atoms. The Morgan fingerprint density at radius 3 is 2.68 bits per heavy atom. The van der Waals surface area contributed by atoms with Crippen LogP contribution in [0.2, 0.25) is 0 Å². The van der Waals surface area contributed by atoms with Crippen molar-refractivity contribution >= 4 is 33.3 Å². The maximum atomic E-state index is 5.62. The number of thiophene rings is 1. The highest BCUT2D eigenvalue weighted by atomic mass is 32.1. The second-order valence-electron chi connectivity index (χ2n) is 6.42. The highest BCUT2D eigenvalue weighted by Crippen LogP contribution is 2.38. The Balaban J connectivity index is 1.68. The Morgan fingerprint density at radius 1 is 1.11 bits per heavy atom. The maximum Gasteiger partial charge on any atom is 0.219 e. The molecule has 1 saturated heterocycles. The molecule has 3 aromatic heterocycles. The summed E-state index contributed by atoms with van der Waals surface area (Å²) in [4.78, 5) is 21.2. The van der Waals surface area contributed by atoms with E-state index in [0.717, 1.165) is 45.1 Å². The van der Waals surface area contributed by atoms with Gasteiger partial charge in [0.2, 0.25) is 5.95 Å². The third-order valence-corrected chi connectivity index (χ3v) is 5.76. The van der Waals surface area contributed by atoms with E-state index < -0.39 is 0 Å². The van der Waals surface area contributed by atoms with Crippen LogP contribution in [0.3, 0.4) is 0 Å². The number of nitrogens with zero attached hydrogens (tertiary/aromatic N) is 5. The van der Waals surface area contributed by atoms with Gasteiger partial charge in [-0.2, -0.15) is 0 Å². The minimum atomic E-state index is 0.233. The molecule has 0 aliphatic carbocycles. The van der Waals surface area contributed by atoms with Gasteiger partial charge in [-0.25, -0.2) is 19.9 Å². The van der Waals surface area contributed by atoms with E-state index >= 15 is 0 Å². The molecule has 4 aromatic rings. The highest BCUT2D eigenvalue weighted by Gasteiger charge is 2.20. The molecule has 4 heterocycles. The second kappa shape index (κ2) is 7.14. The first-order valence-corrected chi connectivity index (χ1v) is 9.78. The van der Waals surface area contributed by atoms with Crippen molar-refractivity contribution in [1.29, 1.82) is 0 Å². The molecule has 28 heavy (non-hydrogen) atoms. The van der Waals surface area contributed by atoms with Crippen LogP contribution in [0.4, 0.5) is 11.8 Å². The van der Waals surface area contributed by atoms with Gasteiger partial charge in [-0.05, 0) is 23.8 Å². The number of morpholine rings is 1. The summed E-state index contributed by atoms with van der Waals surface area (Å²) in [5.74, 6) is 1.76. The average Bonchev–Trinajstić information content (AvgIpc) is 3.19. The molecule has 1 aliphatic rings.